The summed E-state index contributed by atoms with van der Waals surface area (Å²) in [6.07, 6.45) is 0. The van der Waals surface area contributed by atoms with E-state index < -0.39 is 0 Å². The first-order valence-corrected chi connectivity index (χ1v) is 11.5. The van der Waals surface area contributed by atoms with Crippen molar-refractivity contribution in [3.8, 4) is 22.3 Å². The van der Waals surface area contributed by atoms with Crippen LogP contribution in [-0.4, -0.2) is 0 Å². The van der Waals surface area contributed by atoms with Crippen LogP contribution >= 0.6 is 11.3 Å². The fourth-order valence-electron chi connectivity index (χ4n) is 5.50. The molecule has 0 N–H and O–H groups in total. The zero-order valence-electron chi connectivity index (χ0n) is 17.8. The predicted octanol–water partition coefficient (Wildman–Crippen LogP) is 8.64. The van der Waals surface area contributed by atoms with Gasteiger partial charge >= 0.3 is 0 Å². The van der Waals surface area contributed by atoms with Crippen LogP contribution in [0.1, 0.15) is 36.1 Å². The Bertz CT molecular complexity index is 1480. The minimum absolute atomic E-state index is 0.0292. The third-order valence-electron chi connectivity index (χ3n) is 7.03. The van der Waals surface area contributed by atoms with Crippen molar-refractivity contribution in [3.63, 3.8) is 0 Å². The van der Waals surface area contributed by atoms with Gasteiger partial charge < -0.3 is 0 Å². The fourth-order valence-corrected chi connectivity index (χ4v) is 6.67. The number of aryl methyl sites for hydroxylation is 2. The Morgan fingerprint density at radius 3 is 2.27 bits per heavy atom. The number of benzene rings is 4. The smallest absolute Gasteiger partial charge is 0.0358 e. The molecule has 0 aliphatic heterocycles. The van der Waals surface area contributed by atoms with E-state index in [1.807, 2.05) is 11.3 Å². The van der Waals surface area contributed by atoms with Gasteiger partial charge in [0.15, 0.2) is 0 Å². The van der Waals surface area contributed by atoms with Crippen molar-refractivity contribution in [2.24, 2.45) is 0 Å². The van der Waals surface area contributed by atoms with Gasteiger partial charge in [0.2, 0.25) is 0 Å². The molecular weight excluding hydrogens is 380 g/mol. The average Bonchev–Trinajstić information content (AvgIpc) is 3.23. The molecule has 1 heteroatoms. The summed E-state index contributed by atoms with van der Waals surface area (Å²) in [4.78, 5) is 0. The topological polar surface area (TPSA) is 0 Å². The first-order valence-electron chi connectivity index (χ1n) is 10.6. The fraction of sp³-hybridized carbons (Fsp3) is 0.172. The molecule has 0 radical (unpaired) electrons. The summed E-state index contributed by atoms with van der Waals surface area (Å²) in [5, 5.41) is 2.79. The molecule has 4 aromatic carbocycles. The van der Waals surface area contributed by atoms with Gasteiger partial charge in [-0.3, -0.25) is 0 Å². The monoisotopic (exact) mass is 404 g/mol. The largest absolute Gasteiger partial charge is 0.135 e. The molecule has 30 heavy (non-hydrogen) atoms. The molecule has 0 spiro atoms. The van der Waals surface area contributed by atoms with Gasteiger partial charge in [-0.1, -0.05) is 74.5 Å². The Labute approximate surface area is 181 Å². The quantitative estimate of drug-likeness (QED) is 0.262. The molecule has 0 nitrogen and oxygen atoms in total. The van der Waals surface area contributed by atoms with Crippen LogP contribution in [0.25, 0.3) is 42.4 Å². The Kier molecular flexibility index (Phi) is 3.62. The van der Waals surface area contributed by atoms with Crippen molar-refractivity contribution in [2.75, 3.05) is 0 Å². The minimum Gasteiger partial charge on any atom is -0.135 e. The van der Waals surface area contributed by atoms with Crippen LogP contribution in [0, 0.1) is 13.8 Å². The molecule has 0 amide bonds. The van der Waals surface area contributed by atoms with Crippen molar-refractivity contribution in [1.29, 1.82) is 0 Å². The molecule has 0 saturated heterocycles. The number of rotatable bonds is 1. The lowest BCUT2D eigenvalue weighted by atomic mass is 9.81. The summed E-state index contributed by atoms with van der Waals surface area (Å²) in [6.45, 7) is 9.29. The van der Waals surface area contributed by atoms with Crippen LogP contribution in [-0.2, 0) is 5.41 Å². The normalized spacial score (nSPS) is 14.3. The van der Waals surface area contributed by atoms with Crippen molar-refractivity contribution in [1.82, 2.24) is 0 Å². The lowest BCUT2D eigenvalue weighted by Crippen LogP contribution is -2.14. The second kappa shape index (κ2) is 6.06. The van der Waals surface area contributed by atoms with E-state index in [2.05, 4.69) is 100 Å². The molecule has 0 fully saturated rings. The van der Waals surface area contributed by atoms with Gasteiger partial charge in [-0.15, -0.1) is 11.3 Å². The maximum atomic E-state index is 2.36. The lowest BCUT2D eigenvalue weighted by Gasteiger charge is -2.22. The van der Waals surface area contributed by atoms with Crippen LogP contribution in [0.4, 0.5) is 0 Å². The van der Waals surface area contributed by atoms with Crippen molar-refractivity contribution >= 4 is 31.5 Å². The number of hydrogen-bond donors (Lipinski definition) is 0. The van der Waals surface area contributed by atoms with E-state index in [1.54, 1.807) is 0 Å². The van der Waals surface area contributed by atoms with E-state index in [1.165, 1.54) is 64.7 Å². The van der Waals surface area contributed by atoms with E-state index in [0.29, 0.717) is 0 Å². The summed E-state index contributed by atoms with van der Waals surface area (Å²) in [7, 11) is 0. The summed E-state index contributed by atoms with van der Waals surface area (Å²) < 4.78 is 2.75. The standard InChI is InChI=1S/C29H24S/c1-17-13-15-23-28(20-9-5-7-11-22(20)29(23,3)4)26(17)19-14-16-25-27(18(19)2)21-10-6-8-12-24(21)30-25/h5-16H,1-4H3. The van der Waals surface area contributed by atoms with Gasteiger partial charge in [-0.05, 0) is 70.5 Å². The zero-order chi connectivity index (χ0) is 20.6. The lowest BCUT2D eigenvalue weighted by molar-refractivity contribution is 0.660. The first-order chi connectivity index (χ1) is 14.5. The van der Waals surface area contributed by atoms with Crippen LogP contribution in [0.5, 0.6) is 0 Å². The van der Waals surface area contributed by atoms with Crippen LogP contribution in [0.3, 0.4) is 0 Å². The third kappa shape index (κ3) is 2.22. The second-order valence-corrected chi connectivity index (χ2v) is 10.1. The highest BCUT2D eigenvalue weighted by Crippen LogP contribution is 2.53. The SMILES string of the molecule is Cc1ccc2c(c1-c1ccc3sc4ccccc4c3c1C)-c1ccccc1C2(C)C. The van der Waals surface area contributed by atoms with E-state index >= 15 is 0 Å². The Morgan fingerprint density at radius 2 is 1.40 bits per heavy atom. The Balaban J connectivity index is 1.74. The van der Waals surface area contributed by atoms with Crippen molar-refractivity contribution in [3.05, 3.63) is 95.1 Å². The van der Waals surface area contributed by atoms with E-state index in [0.717, 1.165) is 0 Å². The van der Waals surface area contributed by atoms with E-state index in [4.69, 9.17) is 0 Å². The second-order valence-electron chi connectivity index (χ2n) is 9.06. The molecule has 0 bridgehead atoms. The molecule has 0 unspecified atom stereocenters. The summed E-state index contributed by atoms with van der Waals surface area (Å²) >= 11 is 1.90. The van der Waals surface area contributed by atoms with Crippen LogP contribution < -0.4 is 0 Å². The van der Waals surface area contributed by atoms with Gasteiger partial charge in [0.1, 0.15) is 0 Å². The molecular formula is C29H24S. The zero-order valence-corrected chi connectivity index (χ0v) is 18.7. The molecule has 6 rings (SSSR count). The van der Waals surface area contributed by atoms with E-state index in [9.17, 15) is 0 Å². The molecule has 5 aromatic rings. The summed E-state index contributed by atoms with van der Waals surface area (Å²) in [5.41, 5.74) is 11.2. The minimum atomic E-state index is 0.0292. The van der Waals surface area contributed by atoms with Crippen molar-refractivity contribution in [2.45, 2.75) is 33.1 Å². The molecule has 146 valence electrons. The molecule has 1 aliphatic rings. The molecule has 1 aromatic heterocycles. The highest BCUT2D eigenvalue weighted by atomic mass is 32.1. The maximum absolute atomic E-state index is 2.36. The molecule has 1 heterocycles. The highest BCUT2D eigenvalue weighted by molar-refractivity contribution is 7.25. The van der Waals surface area contributed by atoms with Gasteiger partial charge in [0, 0.05) is 25.6 Å². The predicted molar refractivity (Wildman–Crippen MR) is 132 cm³/mol. The maximum Gasteiger partial charge on any atom is 0.0358 e. The van der Waals surface area contributed by atoms with Gasteiger partial charge in [-0.25, -0.2) is 0 Å². The summed E-state index contributed by atoms with van der Waals surface area (Å²) in [5.74, 6) is 0. The van der Waals surface area contributed by atoms with Crippen molar-refractivity contribution < 1.29 is 0 Å². The van der Waals surface area contributed by atoms with Gasteiger partial charge in [-0.2, -0.15) is 0 Å². The van der Waals surface area contributed by atoms with Gasteiger partial charge in [0.05, 0.1) is 0 Å². The Morgan fingerprint density at radius 1 is 0.633 bits per heavy atom. The van der Waals surface area contributed by atoms with Crippen LogP contribution in [0.2, 0.25) is 0 Å². The Hall–Kier alpha value is -2.90. The average molecular weight is 405 g/mol. The number of hydrogen-bond acceptors (Lipinski definition) is 1. The summed E-state index contributed by atoms with van der Waals surface area (Å²) in [6, 6.07) is 27.1. The number of fused-ring (bicyclic) bond motifs is 6. The van der Waals surface area contributed by atoms with Crippen LogP contribution in [0.15, 0.2) is 72.8 Å². The molecule has 1 aliphatic carbocycles. The number of thiophene rings is 1. The third-order valence-corrected chi connectivity index (χ3v) is 8.17. The first kappa shape index (κ1) is 17.9. The highest BCUT2D eigenvalue weighted by Gasteiger charge is 2.37. The molecule has 0 atom stereocenters. The van der Waals surface area contributed by atoms with E-state index in [-0.39, 0.29) is 5.41 Å². The molecule has 0 saturated carbocycles. The van der Waals surface area contributed by atoms with Gasteiger partial charge in [0.25, 0.3) is 0 Å².